The van der Waals surface area contributed by atoms with E-state index in [1.165, 1.54) is 6.92 Å². The van der Waals surface area contributed by atoms with Crippen LogP contribution < -0.4 is 5.32 Å². The second kappa shape index (κ2) is 9.01. The molecule has 0 aliphatic carbocycles. The lowest BCUT2D eigenvalue weighted by Gasteiger charge is -2.31. The topological polar surface area (TPSA) is 75.7 Å². The molecule has 0 aromatic heterocycles. The van der Waals surface area contributed by atoms with Gasteiger partial charge in [0.2, 0.25) is 5.91 Å². The molecule has 0 spiro atoms. The van der Waals surface area contributed by atoms with Crippen molar-refractivity contribution in [3.8, 4) is 0 Å². The second-order valence-electron chi connectivity index (χ2n) is 5.97. The Morgan fingerprint density at radius 1 is 1.20 bits per heavy atom. The predicted octanol–water partition coefficient (Wildman–Crippen LogP) is 1.97. The number of rotatable bonds is 5. The average Bonchev–Trinajstić information content (AvgIpc) is 2.61. The predicted molar refractivity (Wildman–Crippen MR) is 94.2 cm³/mol. The second-order valence-corrected chi connectivity index (χ2v) is 5.97. The minimum absolute atomic E-state index is 0.161. The van der Waals surface area contributed by atoms with Crippen molar-refractivity contribution in [2.75, 3.05) is 19.7 Å². The fourth-order valence-corrected chi connectivity index (χ4v) is 2.81. The molecule has 1 N–H and O–H groups in total. The first-order valence-electron chi connectivity index (χ1n) is 8.51. The Hall–Kier alpha value is -2.63. The Morgan fingerprint density at radius 2 is 1.84 bits per heavy atom. The number of ether oxygens (including phenoxy) is 1. The van der Waals surface area contributed by atoms with Crippen LogP contribution in [0.5, 0.6) is 0 Å². The van der Waals surface area contributed by atoms with Gasteiger partial charge in [0, 0.05) is 20.0 Å². The van der Waals surface area contributed by atoms with E-state index in [1.807, 2.05) is 30.3 Å². The molecule has 1 aliphatic rings. The van der Waals surface area contributed by atoms with Crippen molar-refractivity contribution in [3.05, 3.63) is 41.6 Å². The van der Waals surface area contributed by atoms with Gasteiger partial charge in [-0.3, -0.25) is 14.4 Å². The van der Waals surface area contributed by atoms with E-state index in [1.54, 1.807) is 17.9 Å². The van der Waals surface area contributed by atoms with Gasteiger partial charge in [0.25, 0.3) is 5.91 Å². The number of nitrogens with one attached hydrogen (secondary N) is 1. The molecular weight excluding hydrogens is 320 g/mol. The molecule has 0 unspecified atom stereocenters. The number of carbonyl (C=O) groups is 3. The molecule has 1 aromatic rings. The molecule has 0 bridgehead atoms. The molecule has 2 amide bonds. The summed E-state index contributed by atoms with van der Waals surface area (Å²) in [5.74, 6) is -0.888. The maximum absolute atomic E-state index is 12.8. The fraction of sp³-hybridized carbons (Fsp3) is 0.421. The van der Waals surface area contributed by atoms with E-state index in [-0.39, 0.29) is 29.4 Å². The van der Waals surface area contributed by atoms with Crippen molar-refractivity contribution in [1.82, 2.24) is 10.2 Å². The summed E-state index contributed by atoms with van der Waals surface area (Å²) in [4.78, 5) is 37.7. The number of hydrogen-bond acceptors (Lipinski definition) is 4. The van der Waals surface area contributed by atoms with E-state index in [0.29, 0.717) is 32.5 Å². The number of nitrogens with zero attached hydrogens (tertiary/aromatic N) is 1. The molecule has 0 saturated carbocycles. The monoisotopic (exact) mass is 344 g/mol. The first kappa shape index (κ1) is 18.7. The van der Waals surface area contributed by atoms with Gasteiger partial charge in [0.05, 0.1) is 12.5 Å². The number of carbonyl (C=O) groups excluding carboxylic acids is 3. The average molecular weight is 344 g/mol. The van der Waals surface area contributed by atoms with Crippen LogP contribution in [0.2, 0.25) is 0 Å². The zero-order valence-corrected chi connectivity index (χ0v) is 14.7. The van der Waals surface area contributed by atoms with Crippen LogP contribution in [0.3, 0.4) is 0 Å². The minimum Gasteiger partial charge on any atom is -0.466 e. The third-order valence-electron chi connectivity index (χ3n) is 4.05. The highest BCUT2D eigenvalue weighted by atomic mass is 16.5. The highest BCUT2D eigenvalue weighted by Gasteiger charge is 2.29. The molecule has 2 rings (SSSR count). The van der Waals surface area contributed by atoms with E-state index >= 15 is 0 Å². The van der Waals surface area contributed by atoms with Crippen LogP contribution in [0, 0.1) is 5.92 Å². The smallest absolute Gasteiger partial charge is 0.309 e. The van der Waals surface area contributed by atoms with Gasteiger partial charge in [0.15, 0.2) is 0 Å². The molecule has 0 radical (unpaired) electrons. The van der Waals surface area contributed by atoms with Gasteiger partial charge >= 0.3 is 5.97 Å². The SMILES string of the molecule is CCOC(=O)C1CCN(C(=O)/C(=C/c2ccccc2)NC(C)=O)CC1. The van der Waals surface area contributed by atoms with Crippen LogP contribution in [-0.2, 0) is 19.1 Å². The van der Waals surface area contributed by atoms with Crippen LogP contribution in [0.1, 0.15) is 32.3 Å². The van der Waals surface area contributed by atoms with E-state index in [2.05, 4.69) is 5.32 Å². The Morgan fingerprint density at radius 3 is 2.40 bits per heavy atom. The van der Waals surface area contributed by atoms with Gasteiger partial charge < -0.3 is 15.0 Å². The van der Waals surface area contributed by atoms with Crippen molar-refractivity contribution in [3.63, 3.8) is 0 Å². The molecule has 134 valence electrons. The Kier molecular flexibility index (Phi) is 6.74. The third kappa shape index (κ3) is 5.45. The van der Waals surface area contributed by atoms with E-state index in [0.717, 1.165) is 5.56 Å². The summed E-state index contributed by atoms with van der Waals surface area (Å²) in [5.41, 5.74) is 1.08. The molecule has 6 nitrogen and oxygen atoms in total. The summed E-state index contributed by atoms with van der Waals surface area (Å²) in [6.07, 6.45) is 2.81. The molecule has 1 aromatic carbocycles. The van der Waals surface area contributed by atoms with Gasteiger partial charge in [0.1, 0.15) is 5.70 Å². The molecule has 6 heteroatoms. The van der Waals surface area contributed by atoms with Crippen molar-refractivity contribution >= 4 is 23.9 Å². The minimum atomic E-state index is -0.294. The van der Waals surface area contributed by atoms with Gasteiger partial charge in [-0.2, -0.15) is 0 Å². The molecule has 1 aliphatic heterocycles. The summed E-state index contributed by atoms with van der Waals surface area (Å²) in [6, 6.07) is 9.35. The molecule has 1 heterocycles. The number of esters is 1. The van der Waals surface area contributed by atoms with Crippen molar-refractivity contribution in [1.29, 1.82) is 0 Å². The van der Waals surface area contributed by atoms with E-state index < -0.39 is 0 Å². The highest BCUT2D eigenvalue weighted by Crippen LogP contribution is 2.20. The quantitative estimate of drug-likeness (QED) is 0.654. The summed E-state index contributed by atoms with van der Waals surface area (Å²) in [7, 11) is 0. The van der Waals surface area contributed by atoms with Crippen molar-refractivity contribution < 1.29 is 19.1 Å². The van der Waals surface area contributed by atoms with Gasteiger partial charge in [-0.25, -0.2) is 0 Å². The molecule has 25 heavy (non-hydrogen) atoms. The lowest BCUT2D eigenvalue weighted by molar-refractivity contribution is -0.150. The number of amides is 2. The Bertz CT molecular complexity index is 647. The van der Waals surface area contributed by atoms with Gasteiger partial charge in [-0.15, -0.1) is 0 Å². The van der Waals surface area contributed by atoms with Gasteiger partial charge in [-0.1, -0.05) is 30.3 Å². The van der Waals surface area contributed by atoms with Crippen LogP contribution in [-0.4, -0.2) is 42.4 Å². The van der Waals surface area contributed by atoms with Crippen molar-refractivity contribution in [2.45, 2.75) is 26.7 Å². The Balaban J connectivity index is 2.06. The van der Waals surface area contributed by atoms with Crippen LogP contribution >= 0.6 is 0 Å². The standard InChI is InChI=1S/C19H24N2O4/c1-3-25-19(24)16-9-11-21(12-10-16)18(23)17(20-14(2)22)13-15-7-5-4-6-8-15/h4-8,13,16H,3,9-12H2,1-2H3,(H,20,22)/b17-13-. The van der Waals surface area contributed by atoms with Crippen molar-refractivity contribution in [2.24, 2.45) is 5.92 Å². The van der Waals surface area contributed by atoms with E-state index in [9.17, 15) is 14.4 Å². The third-order valence-corrected chi connectivity index (χ3v) is 4.05. The van der Waals surface area contributed by atoms with E-state index in [4.69, 9.17) is 4.74 Å². The highest BCUT2D eigenvalue weighted by molar-refractivity contribution is 6.01. The summed E-state index contributed by atoms with van der Waals surface area (Å²) < 4.78 is 5.05. The van der Waals surface area contributed by atoms with Crippen LogP contribution in [0.15, 0.2) is 36.0 Å². The lowest BCUT2D eigenvalue weighted by Crippen LogP contribution is -2.43. The maximum atomic E-state index is 12.8. The first-order chi connectivity index (χ1) is 12.0. The largest absolute Gasteiger partial charge is 0.466 e. The lowest BCUT2D eigenvalue weighted by atomic mass is 9.96. The molecule has 1 fully saturated rings. The number of benzene rings is 1. The molecule has 0 atom stereocenters. The molecule has 1 saturated heterocycles. The number of hydrogen-bond donors (Lipinski definition) is 1. The number of likely N-dealkylation sites (tertiary alicyclic amines) is 1. The summed E-state index contributed by atoms with van der Waals surface area (Å²) in [5, 5.41) is 2.62. The first-order valence-corrected chi connectivity index (χ1v) is 8.51. The van der Waals surface area contributed by atoms with Crippen LogP contribution in [0.25, 0.3) is 6.08 Å². The number of piperidine rings is 1. The zero-order chi connectivity index (χ0) is 18.2. The maximum Gasteiger partial charge on any atom is 0.309 e. The van der Waals surface area contributed by atoms with Gasteiger partial charge in [-0.05, 0) is 31.4 Å². The summed E-state index contributed by atoms with van der Waals surface area (Å²) in [6.45, 7) is 4.45. The Labute approximate surface area is 147 Å². The van der Waals surface area contributed by atoms with Crippen LogP contribution in [0.4, 0.5) is 0 Å². The fourth-order valence-electron chi connectivity index (χ4n) is 2.81. The normalized spacial score (nSPS) is 15.6. The summed E-state index contributed by atoms with van der Waals surface area (Å²) >= 11 is 0. The molecular formula is C19H24N2O4. The zero-order valence-electron chi connectivity index (χ0n) is 14.7.